The van der Waals surface area contributed by atoms with Crippen molar-refractivity contribution in [2.24, 2.45) is 7.05 Å². The van der Waals surface area contributed by atoms with Crippen molar-refractivity contribution in [2.45, 2.75) is 18.1 Å². The molecule has 6 nitrogen and oxygen atoms in total. The third-order valence-electron chi connectivity index (χ3n) is 2.55. The molecule has 2 N–H and O–H groups in total. The summed E-state index contributed by atoms with van der Waals surface area (Å²) in [6, 6.07) is 0. The lowest BCUT2D eigenvalue weighted by atomic mass is 10.2. The number of aryl methyl sites for hydroxylation is 1. The Morgan fingerprint density at radius 3 is 2.72 bits per heavy atom. The fourth-order valence-corrected chi connectivity index (χ4v) is 2.70. The van der Waals surface area contributed by atoms with Crippen molar-refractivity contribution < 1.29 is 18.3 Å². The van der Waals surface area contributed by atoms with E-state index in [-0.39, 0.29) is 4.90 Å². The van der Waals surface area contributed by atoms with E-state index in [4.69, 9.17) is 4.74 Å². The zero-order chi connectivity index (χ0) is 13.9. The number of ether oxygens (including phenoxy) is 1. The fraction of sp³-hybridized carbons (Fsp3) is 0.455. The first-order valence-electron chi connectivity index (χ1n) is 5.43. The molecule has 0 spiro atoms. The van der Waals surface area contributed by atoms with Gasteiger partial charge in [0.15, 0.2) is 6.29 Å². The number of hydrogen-bond acceptors (Lipinski definition) is 4. The predicted octanol–water partition coefficient (Wildman–Crippen LogP) is 0.604. The van der Waals surface area contributed by atoms with E-state index >= 15 is 0 Å². The van der Waals surface area contributed by atoms with Gasteiger partial charge in [0.25, 0.3) is 0 Å². The van der Waals surface area contributed by atoms with Gasteiger partial charge in [-0.2, -0.15) is 0 Å². The summed E-state index contributed by atoms with van der Waals surface area (Å²) in [5, 5.41) is 9.86. The molecule has 1 aromatic heterocycles. The van der Waals surface area contributed by atoms with Crippen LogP contribution in [0.4, 0.5) is 0 Å². The van der Waals surface area contributed by atoms with E-state index in [0.29, 0.717) is 17.9 Å². The zero-order valence-corrected chi connectivity index (χ0v) is 11.5. The normalized spacial score (nSPS) is 13.6. The number of aliphatic hydroxyl groups excluding tert-OH is 1. The molecule has 0 amide bonds. The Morgan fingerprint density at radius 1 is 1.67 bits per heavy atom. The molecular weight excluding hydrogens is 256 g/mol. The SMILES string of the molecule is C=Cc1c(S(=O)(=O)NC)cn(C)c1C(O)OCC. The molecule has 0 radical (unpaired) electrons. The molecule has 1 aromatic rings. The summed E-state index contributed by atoms with van der Waals surface area (Å²) in [5.41, 5.74) is 0.702. The van der Waals surface area contributed by atoms with Gasteiger partial charge in [0.1, 0.15) is 4.90 Å². The van der Waals surface area contributed by atoms with E-state index in [2.05, 4.69) is 11.3 Å². The molecule has 1 atom stereocenters. The molecule has 0 saturated carbocycles. The average molecular weight is 274 g/mol. The molecule has 0 aliphatic carbocycles. The first kappa shape index (κ1) is 14.9. The van der Waals surface area contributed by atoms with Crippen molar-refractivity contribution in [3.8, 4) is 0 Å². The second-order valence-corrected chi connectivity index (χ2v) is 5.48. The van der Waals surface area contributed by atoms with Crippen LogP contribution in [0, 0.1) is 0 Å². The number of hydrogen-bond donors (Lipinski definition) is 2. The smallest absolute Gasteiger partial charge is 0.242 e. The molecule has 0 aliphatic rings. The van der Waals surface area contributed by atoms with Crippen LogP contribution in [0.3, 0.4) is 0 Å². The quantitative estimate of drug-likeness (QED) is 0.745. The Morgan fingerprint density at radius 2 is 2.28 bits per heavy atom. The lowest BCUT2D eigenvalue weighted by Gasteiger charge is -2.13. The summed E-state index contributed by atoms with van der Waals surface area (Å²) in [6.45, 7) is 5.64. The molecule has 7 heteroatoms. The van der Waals surface area contributed by atoms with Crippen molar-refractivity contribution in [1.82, 2.24) is 9.29 Å². The van der Waals surface area contributed by atoms with Gasteiger partial charge < -0.3 is 14.4 Å². The second kappa shape index (κ2) is 5.66. The van der Waals surface area contributed by atoms with Crippen LogP contribution in [0.1, 0.15) is 24.5 Å². The molecule has 102 valence electrons. The van der Waals surface area contributed by atoms with Crippen LogP contribution in [-0.4, -0.2) is 31.7 Å². The molecule has 0 aromatic carbocycles. The minimum Gasteiger partial charge on any atom is -0.363 e. The largest absolute Gasteiger partial charge is 0.363 e. The number of sulfonamides is 1. The van der Waals surface area contributed by atoms with Gasteiger partial charge in [-0.3, -0.25) is 0 Å². The number of aliphatic hydroxyl groups is 1. The lowest BCUT2D eigenvalue weighted by Crippen LogP contribution is -2.19. The molecule has 0 fully saturated rings. The Balaban J connectivity index is 3.43. The van der Waals surface area contributed by atoms with Crippen LogP contribution in [0.2, 0.25) is 0 Å². The van der Waals surface area contributed by atoms with Gasteiger partial charge in [0.05, 0.1) is 5.69 Å². The van der Waals surface area contributed by atoms with Gasteiger partial charge in [-0.05, 0) is 14.0 Å². The summed E-state index contributed by atoms with van der Waals surface area (Å²) in [5.74, 6) is 0. The topological polar surface area (TPSA) is 80.6 Å². The van der Waals surface area contributed by atoms with E-state index in [1.807, 2.05) is 0 Å². The molecule has 0 bridgehead atoms. The standard InChI is InChI=1S/C11H18N2O4S/c1-5-8-9(18(15,16)12-3)7-13(4)10(8)11(14)17-6-2/h5,7,11-12,14H,1,6H2,2-4H3. The molecule has 18 heavy (non-hydrogen) atoms. The van der Waals surface area contributed by atoms with Crippen LogP contribution < -0.4 is 4.72 Å². The molecular formula is C11H18N2O4S. The van der Waals surface area contributed by atoms with E-state index in [1.165, 1.54) is 23.9 Å². The highest BCUT2D eigenvalue weighted by Gasteiger charge is 2.25. The van der Waals surface area contributed by atoms with Gasteiger partial charge in [0, 0.05) is 25.4 Å². The minimum absolute atomic E-state index is 0.0660. The third kappa shape index (κ3) is 2.64. The van der Waals surface area contributed by atoms with Crippen molar-refractivity contribution in [3.63, 3.8) is 0 Å². The van der Waals surface area contributed by atoms with Gasteiger partial charge in [-0.1, -0.05) is 12.7 Å². The van der Waals surface area contributed by atoms with E-state index in [9.17, 15) is 13.5 Å². The maximum Gasteiger partial charge on any atom is 0.242 e. The number of nitrogens with zero attached hydrogens (tertiary/aromatic N) is 1. The van der Waals surface area contributed by atoms with Crippen LogP contribution in [0.15, 0.2) is 17.7 Å². The monoisotopic (exact) mass is 274 g/mol. The summed E-state index contributed by atoms with van der Waals surface area (Å²) < 4.78 is 32.5. The lowest BCUT2D eigenvalue weighted by molar-refractivity contribution is -0.102. The summed E-state index contributed by atoms with van der Waals surface area (Å²) >= 11 is 0. The molecule has 1 heterocycles. The van der Waals surface area contributed by atoms with Crippen molar-refractivity contribution >= 4 is 16.1 Å². The van der Waals surface area contributed by atoms with E-state index in [1.54, 1.807) is 14.0 Å². The maximum absolute atomic E-state index is 11.8. The molecule has 1 rings (SSSR count). The summed E-state index contributed by atoms with van der Waals surface area (Å²) in [7, 11) is -0.634. The van der Waals surface area contributed by atoms with Crippen LogP contribution >= 0.6 is 0 Å². The van der Waals surface area contributed by atoms with Crippen molar-refractivity contribution in [2.75, 3.05) is 13.7 Å². The molecule has 0 saturated heterocycles. The van der Waals surface area contributed by atoms with Gasteiger partial charge in [-0.25, -0.2) is 13.1 Å². The Hall–Kier alpha value is -1.15. The van der Waals surface area contributed by atoms with E-state index in [0.717, 1.165) is 0 Å². The predicted molar refractivity (Wildman–Crippen MR) is 68.3 cm³/mol. The average Bonchev–Trinajstić information content (AvgIpc) is 2.67. The Labute approximate surface area is 107 Å². The van der Waals surface area contributed by atoms with E-state index < -0.39 is 16.3 Å². The van der Waals surface area contributed by atoms with Crippen molar-refractivity contribution in [3.05, 3.63) is 24.0 Å². The second-order valence-electron chi connectivity index (χ2n) is 3.62. The number of rotatable bonds is 6. The fourth-order valence-electron chi connectivity index (χ4n) is 1.70. The number of aromatic nitrogens is 1. The molecule has 0 aliphatic heterocycles. The van der Waals surface area contributed by atoms with Gasteiger partial charge >= 0.3 is 0 Å². The van der Waals surface area contributed by atoms with Crippen LogP contribution in [-0.2, 0) is 21.8 Å². The summed E-state index contributed by atoms with van der Waals surface area (Å²) in [6.07, 6.45) is 1.62. The zero-order valence-electron chi connectivity index (χ0n) is 10.7. The minimum atomic E-state index is -3.60. The molecule has 1 unspecified atom stereocenters. The summed E-state index contributed by atoms with van der Waals surface area (Å²) in [4.78, 5) is 0.0660. The first-order chi connectivity index (χ1) is 8.38. The Kier molecular flexibility index (Phi) is 4.69. The van der Waals surface area contributed by atoms with Crippen LogP contribution in [0.5, 0.6) is 0 Å². The van der Waals surface area contributed by atoms with Crippen molar-refractivity contribution in [1.29, 1.82) is 0 Å². The highest BCUT2D eigenvalue weighted by Crippen LogP contribution is 2.28. The highest BCUT2D eigenvalue weighted by molar-refractivity contribution is 7.89. The van der Waals surface area contributed by atoms with Crippen LogP contribution in [0.25, 0.3) is 6.08 Å². The Bertz CT molecular complexity index is 533. The first-order valence-corrected chi connectivity index (χ1v) is 6.92. The van der Waals surface area contributed by atoms with Gasteiger partial charge in [0.2, 0.25) is 10.0 Å². The maximum atomic E-state index is 11.8. The number of nitrogens with one attached hydrogen (secondary N) is 1. The highest BCUT2D eigenvalue weighted by atomic mass is 32.2. The van der Waals surface area contributed by atoms with Gasteiger partial charge in [-0.15, -0.1) is 0 Å². The third-order valence-corrected chi connectivity index (χ3v) is 3.99.